The highest BCUT2D eigenvalue weighted by molar-refractivity contribution is 5.94. The Hall–Kier alpha value is -3.54. The number of hydrogen-bond acceptors (Lipinski definition) is 5. The number of Topliss-reactive ketones (excluding diaryl/α,β-unsaturated/α-hetero) is 1. The first-order chi connectivity index (χ1) is 14.0. The summed E-state index contributed by atoms with van der Waals surface area (Å²) in [6, 6.07) is 18.9. The molecule has 3 rings (SSSR count). The summed E-state index contributed by atoms with van der Waals surface area (Å²) in [7, 11) is 0. The van der Waals surface area contributed by atoms with Gasteiger partial charge in [-0.15, -0.1) is 0 Å². The molecule has 6 heteroatoms. The fraction of sp³-hybridized carbons (Fsp3) is 0.217. The Morgan fingerprint density at radius 3 is 2.38 bits per heavy atom. The predicted octanol–water partition coefficient (Wildman–Crippen LogP) is 4.09. The molecule has 1 amide bonds. The number of rotatable bonds is 8. The Bertz CT molecular complexity index is 986. The standard InChI is InChI=1S/C23H24N4O2/c1-16(28)19-10-12-20(13-11-19)27-22-15-21(25-17(2)26-22)23(29)24-14-6-9-18-7-4-3-5-8-18/h3-5,7-8,10-13,15H,6,9,14H2,1-2H3,(H,24,29)(H,25,26,27). The van der Waals surface area contributed by atoms with Gasteiger partial charge in [-0.3, -0.25) is 9.59 Å². The van der Waals surface area contributed by atoms with Crippen LogP contribution in [0.2, 0.25) is 0 Å². The second-order valence-corrected chi connectivity index (χ2v) is 6.79. The maximum Gasteiger partial charge on any atom is 0.270 e. The van der Waals surface area contributed by atoms with Crippen molar-refractivity contribution >= 4 is 23.2 Å². The van der Waals surface area contributed by atoms with Crippen molar-refractivity contribution in [2.24, 2.45) is 0 Å². The number of ketones is 1. The van der Waals surface area contributed by atoms with Gasteiger partial charge in [-0.05, 0) is 56.5 Å². The van der Waals surface area contributed by atoms with Crippen LogP contribution in [-0.2, 0) is 6.42 Å². The number of nitrogens with one attached hydrogen (secondary N) is 2. The minimum absolute atomic E-state index is 0.0145. The van der Waals surface area contributed by atoms with Crippen LogP contribution < -0.4 is 10.6 Å². The molecule has 1 heterocycles. The number of aryl methyl sites for hydroxylation is 2. The fourth-order valence-electron chi connectivity index (χ4n) is 2.91. The van der Waals surface area contributed by atoms with Crippen LogP contribution >= 0.6 is 0 Å². The van der Waals surface area contributed by atoms with Crippen LogP contribution in [0.1, 0.15) is 45.6 Å². The van der Waals surface area contributed by atoms with Gasteiger partial charge in [-0.1, -0.05) is 30.3 Å². The summed E-state index contributed by atoms with van der Waals surface area (Å²) in [6.07, 6.45) is 1.76. The molecule has 0 atom stereocenters. The van der Waals surface area contributed by atoms with E-state index in [0.717, 1.165) is 18.5 Å². The van der Waals surface area contributed by atoms with E-state index in [9.17, 15) is 9.59 Å². The first-order valence-corrected chi connectivity index (χ1v) is 9.57. The smallest absolute Gasteiger partial charge is 0.270 e. The third kappa shape index (κ3) is 5.97. The third-order valence-corrected chi connectivity index (χ3v) is 4.41. The second-order valence-electron chi connectivity index (χ2n) is 6.79. The molecule has 2 N–H and O–H groups in total. The first-order valence-electron chi connectivity index (χ1n) is 9.57. The van der Waals surface area contributed by atoms with Crippen LogP contribution in [0.15, 0.2) is 60.7 Å². The highest BCUT2D eigenvalue weighted by Gasteiger charge is 2.10. The zero-order valence-electron chi connectivity index (χ0n) is 16.6. The molecule has 3 aromatic rings. The molecule has 6 nitrogen and oxygen atoms in total. The van der Waals surface area contributed by atoms with E-state index in [-0.39, 0.29) is 11.7 Å². The van der Waals surface area contributed by atoms with Gasteiger partial charge in [0.25, 0.3) is 5.91 Å². The summed E-state index contributed by atoms with van der Waals surface area (Å²) in [4.78, 5) is 32.4. The maximum atomic E-state index is 12.5. The topological polar surface area (TPSA) is 84.0 Å². The quantitative estimate of drug-likeness (QED) is 0.448. The average Bonchev–Trinajstić information content (AvgIpc) is 2.72. The van der Waals surface area contributed by atoms with E-state index in [4.69, 9.17) is 0 Å². The van der Waals surface area contributed by atoms with Crippen molar-refractivity contribution in [3.63, 3.8) is 0 Å². The molecule has 0 radical (unpaired) electrons. The Morgan fingerprint density at radius 2 is 1.69 bits per heavy atom. The van der Waals surface area contributed by atoms with E-state index in [1.54, 1.807) is 37.3 Å². The number of benzene rings is 2. The lowest BCUT2D eigenvalue weighted by molar-refractivity contribution is 0.0947. The normalized spacial score (nSPS) is 10.4. The molecule has 0 spiro atoms. The van der Waals surface area contributed by atoms with Gasteiger partial charge >= 0.3 is 0 Å². The predicted molar refractivity (Wildman–Crippen MR) is 114 cm³/mol. The Kier molecular flexibility index (Phi) is 6.68. The molecule has 1 aromatic heterocycles. The van der Waals surface area contributed by atoms with Gasteiger partial charge in [0, 0.05) is 23.9 Å². The van der Waals surface area contributed by atoms with Gasteiger partial charge in [0.05, 0.1) is 0 Å². The van der Waals surface area contributed by atoms with Gasteiger partial charge in [0.15, 0.2) is 5.78 Å². The van der Waals surface area contributed by atoms with Gasteiger partial charge in [-0.25, -0.2) is 9.97 Å². The number of aromatic nitrogens is 2. The molecule has 0 saturated heterocycles. The maximum absolute atomic E-state index is 12.5. The van der Waals surface area contributed by atoms with Crippen molar-refractivity contribution in [2.75, 3.05) is 11.9 Å². The lowest BCUT2D eigenvalue weighted by atomic mass is 10.1. The van der Waals surface area contributed by atoms with Gasteiger partial charge in [-0.2, -0.15) is 0 Å². The Balaban J connectivity index is 1.58. The molecule has 29 heavy (non-hydrogen) atoms. The van der Waals surface area contributed by atoms with Crippen molar-refractivity contribution in [1.82, 2.24) is 15.3 Å². The van der Waals surface area contributed by atoms with Crippen LogP contribution in [-0.4, -0.2) is 28.2 Å². The van der Waals surface area contributed by atoms with Gasteiger partial charge in [0.2, 0.25) is 0 Å². The molecule has 0 unspecified atom stereocenters. The summed E-state index contributed by atoms with van der Waals surface area (Å²) < 4.78 is 0. The zero-order chi connectivity index (χ0) is 20.6. The molecular weight excluding hydrogens is 364 g/mol. The van der Waals surface area contributed by atoms with E-state index in [1.165, 1.54) is 12.5 Å². The van der Waals surface area contributed by atoms with E-state index in [2.05, 4.69) is 32.7 Å². The minimum atomic E-state index is -0.224. The zero-order valence-corrected chi connectivity index (χ0v) is 16.6. The van der Waals surface area contributed by atoms with Crippen molar-refractivity contribution in [3.8, 4) is 0 Å². The van der Waals surface area contributed by atoms with E-state index in [0.29, 0.717) is 29.4 Å². The molecule has 0 saturated carbocycles. The minimum Gasteiger partial charge on any atom is -0.351 e. The van der Waals surface area contributed by atoms with Crippen LogP contribution in [0, 0.1) is 6.92 Å². The second kappa shape index (κ2) is 9.59. The van der Waals surface area contributed by atoms with Crippen molar-refractivity contribution in [1.29, 1.82) is 0 Å². The average molecular weight is 388 g/mol. The third-order valence-electron chi connectivity index (χ3n) is 4.41. The van der Waals surface area contributed by atoms with Gasteiger partial charge in [0.1, 0.15) is 17.3 Å². The van der Waals surface area contributed by atoms with Gasteiger partial charge < -0.3 is 10.6 Å². The van der Waals surface area contributed by atoms with Crippen molar-refractivity contribution in [3.05, 3.63) is 83.3 Å². The van der Waals surface area contributed by atoms with E-state index in [1.807, 2.05) is 18.2 Å². The summed E-state index contributed by atoms with van der Waals surface area (Å²) in [5.41, 5.74) is 2.99. The molecule has 0 aliphatic carbocycles. The number of carbonyl (C=O) groups excluding carboxylic acids is 2. The molecular formula is C23H24N4O2. The fourth-order valence-corrected chi connectivity index (χ4v) is 2.91. The van der Waals surface area contributed by atoms with Crippen LogP contribution in [0.25, 0.3) is 0 Å². The SMILES string of the molecule is CC(=O)c1ccc(Nc2cc(C(=O)NCCCc3ccccc3)nc(C)n2)cc1. The van der Waals surface area contributed by atoms with E-state index >= 15 is 0 Å². The molecule has 2 aromatic carbocycles. The highest BCUT2D eigenvalue weighted by Crippen LogP contribution is 2.16. The number of amides is 1. The summed E-state index contributed by atoms with van der Waals surface area (Å²) >= 11 is 0. The molecule has 148 valence electrons. The molecule has 0 bridgehead atoms. The number of hydrogen-bond donors (Lipinski definition) is 2. The number of anilines is 2. The monoisotopic (exact) mass is 388 g/mol. The highest BCUT2D eigenvalue weighted by atomic mass is 16.1. The summed E-state index contributed by atoms with van der Waals surface area (Å²) in [5.74, 6) is 0.825. The van der Waals surface area contributed by atoms with Crippen LogP contribution in [0.5, 0.6) is 0 Å². The Labute approximate surface area is 170 Å². The number of carbonyl (C=O) groups is 2. The lowest BCUT2D eigenvalue weighted by Gasteiger charge is -2.10. The van der Waals surface area contributed by atoms with Crippen molar-refractivity contribution in [2.45, 2.75) is 26.7 Å². The van der Waals surface area contributed by atoms with Crippen LogP contribution in [0.4, 0.5) is 11.5 Å². The first kappa shape index (κ1) is 20.2. The van der Waals surface area contributed by atoms with E-state index < -0.39 is 0 Å². The Morgan fingerprint density at radius 1 is 0.966 bits per heavy atom. The lowest BCUT2D eigenvalue weighted by Crippen LogP contribution is -2.26. The van der Waals surface area contributed by atoms with Crippen molar-refractivity contribution < 1.29 is 9.59 Å². The molecule has 0 aliphatic heterocycles. The molecule has 0 fully saturated rings. The molecule has 0 aliphatic rings. The summed E-state index contributed by atoms with van der Waals surface area (Å²) in [5, 5.41) is 6.07. The van der Waals surface area contributed by atoms with Crippen LogP contribution in [0.3, 0.4) is 0 Å². The number of nitrogens with zero attached hydrogens (tertiary/aromatic N) is 2. The largest absolute Gasteiger partial charge is 0.351 e. The summed E-state index contributed by atoms with van der Waals surface area (Å²) in [6.45, 7) is 3.85.